The fourth-order valence-corrected chi connectivity index (χ4v) is 2.48. The van der Waals surface area contributed by atoms with E-state index in [1.54, 1.807) is 20.8 Å². The van der Waals surface area contributed by atoms with Crippen LogP contribution in [0.4, 0.5) is 0 Å². The highest BCUT2D eigenvalue weighted by atomic mass is 16.6. The van der Waals surface area contributed by atoms with Crippen molar-refractivity contribution in [2.45, 2.75) is 46.1 Å². The lowest BCUT2D eigenvalue weighted by Gasteiger charge is -2.25. The third kappa shape index (κ3) is 3.56. The van der Waals surface area contributed by atoms with Crippen LogP contribution < -0.4 is 0 Å². The molecule has 1 heterocycles. The van der Waals surface area contributed by atoms with E-state index in [0.717, 1.165) is 11.0 Å². The second-order valence-corrected chi connectivity index (χ2v) is 6.60. The van der Waals surface area contributed by atoms with Crippen molar-refractivity contribution in [3.63, 3.8) is 0 Å². The molecule has 2 rings (SSSR count). The van der Waals surface area contributed by atoms with Crippen LogP contribution in [0.5, 0.6) is 0 Å². The van der Waals surface area contributed by atoms with Crippen molar-refractivity contribution in [3.05, 3.63) is 36.1 Å². The number of fused-ring (bicyclic) bond motifs is 1. The van der Waals surface area contributed by atoms with E-state index in [9.17, 15) is 9.59 Å². The Balaban J connectivity index is 2.31. The van der Waals surface area contributed by atoms with Crippen molar-refractivity contribution >= 4 is 22.7 Å². The standard InChI is InChI=1S/C18H22O4/c1-11(15-10-13-8-6-7-9-14(13)21-15)16(12(2)19)17(20)22-18(3,4)5/h6-11,16H,1-5H3. The van der Waals surface area contributed by atoms with E-state index in [-0.39, 0.29) is 11.7 Å². The van der Waals surface area contributed by atoms with Gasteiger partial charge in [-0.2, -0.15) is 0 Å². The number of carbonyl (C=O) groups is 2. The SMILES string of the molecule is CC(=O)C(C(=O)OC(C)(C)C)C(C)c1cc2ccccc2o1. The zero-order valence-electron chi connectivity index (χ0n) is 13.7. The minimum Gasteiger partial charge on any atom is -0.461 e. The molecule has 0 aliphatic heterocycles. The normalized spacial score (nSPS) is 14.6. The third-order valence-corrected chi connectivity index (χ3v) is 3.49. The predicted molar refractivity (Wildman–Crippen MR) is 84.6 cm³/mol. The van der Waals surface area contributed by atoms with E-state index in [1.165, 1.54) is 6.92 Å². The minimum atomic E-state index is -0.861. The van der Waals surface area contributed by atoms with E-state index < -0.39 is 17.5 Å². The molecule has 0 aliphatic rings. The van der Waals surface area contributed by atoms with Crippen LogP contribution in [0.2, 0.25) is 0 Å². The molecule has 0 saturated heterocycles. The van der Waals surface area contributed by atoms with Gasteiger partial charge in [0.05, 0.1) is 0 Å². The first-order valence-corrected chi connectivity index (χ1v) is 7.41. The smallest absolute Gasteiger partial charge is 0.317 e. The lowest BCUT2D eigenvalue weighted by Crippen LogP contribution is -2.34. The van der Waals surface area contributed by atoms with Crippen LogP contribution in [-0.2, 0) is 14.3 Å². The molecule has 1 aromatic carbocycles. The summed E-state index contributed by atoms with van der Waals surface area (Å²) < 4.78 is 11.2. The molecule has 0 radical (unpaired) electrons. The summed E-state index contributed by atoms with van der Waals surface area (Å²) >= 11 is 0. The molecule has 22 heavy (non-hydrogen) atoms. The Morgan fingerprint density at radius 1 is 1.18 bits per heavy atom. The van der Waals surface area contributed by atoms with E-state index in [2.05, 4.69) is 0 Å². The number of furan rings is 1. The first-order chi connectivity index (χ1) is 10.2. The number of ether oxygens (including phenoxy) is 1. The second-order valence-electron chi connectivity index (χ2n) is 6.60. The molecule has 2 atom stereocenters. The molecule has 0 amide bonds. The number of rotatable bonds is 4. The van der Waals surface area contributed by atoms with Gasteiger partial charge < -0.3 is 9.15 Å². The Morgan fingerprint density at radius 3 is 2.36 bits per heavy atom. The quantitative estimate of drug-likeness (QED) is 0.630. The first kappa shape index (κ1) is 16.3. The van der Waals surface area contributed by atoms with Crippen LogP contribution in [0.25, 0.3) is 11.0 Å². The third-order valence-electron chi connectivity index (χ3n) is 3.49. The zero-order chi connectivity index (χ0) is 16.5. The minimum absolute atomic E-state index is 0.220. The van der Waals surface area contributed by atoms with Gasteiger partial charge in [0.15, 0.2) is 0 Å². The average Bonchev–Trinajstić information content (AvgIpc) is 2.79. The molecule has 2 unspecified atom stereocenters. The number of ketones is 1. The van der Waals surface area contributed by atoms with Gasteiger partial charge in [0, 0.05) is 11.3 Å². The molecule has 118 valence electrons. The molecule has 0 N–H and O–H groups in total. The zero-order valence-corrected chi connectivity index (χ0v) is 13.7. The number of benzene rings is 1. The summed E-state index contributed by atoms with van der Waals surface area (Å²) in [6.45, 7) is 8.58. The van der Waals surface area contributed by atoms with Crippen molar-refractivity contribution in [3.8, 4) is 0 Å². The van der Waals surface area contributed by atoms with Gasteiger partial charge in [0.1, 0.15) is 28.6 Å². The van der Waals surface area contributed by atoms with Crippen molar-refractivity contribution in [2.24, 2.45) is 5.92 Å². The molecule has 0 fully saturated rings. The number of carbonyl (C=O) groups excluding carboxylic acids is 2. The molecule has 0 saturated carbocycles. The maximum Gasteiger partial charge on any atom is 0.317 e. The average molecular weight is 302 g/mol. The molecular weight excluding hydrogens is 280 g/mol. The highest BCUT2D eigenvalue weighted by Gasteiger charge is 2.35. The van der Waals surface area contributed by atoms with Gasteiger partial charge in [0.2, 0.25) is 0 Å². The summed E-state index contributed by atoms with van der Waals surface area (Å²) in [6, 6.07) is 9.48. The summed E-state index contributed by atoms with van der Waals surface area (Å²) in [5.74, 6) is -1.35. The van der Waals surface area contributed by atoms with E-state index in [1.807, 2.05) is 37.3 Å². The first-order valence-electron chi connectivity index (χ1n) is 7.41. The van der Waals surface area contributed by atoms with Crippen LogP contribution in [0.15, 0.2) is 34.7 Å². The molecule has 1 aromatic heterocycles. The summed E-state index contributed by atoms with van der Waals surface area (Å²) in [5.41, 5.74) is 0.120. The number of Topliss-reactive ketones (excluding diaryl/α,β-unsaturated/α-hetero) is 1. The van der Waals surface area contributed by atoms with Crippen LogP contribution in [0, 0.1) is 5.92 Å². The summed E-state index contributed by atoms with van der Waals surface area (Å²) in [4.78, 5) is 24.3. The predicted octanol–water partition coefficient (Wildman–Crippen LogP) is 4.08. The van der Waals surface area contributed by atoms with E-state index >= 15 is 0 Å². The summed E-state index contributed by atoms with van der Waals surface area (Å²) in [5, 5.41) is 0.954. The fourth-order valence-electron chi connectivity index (χ4n) is 2.48. The molecule has 0 bridgehead atoms. The van der Waals surface area contributed by atoms with Crippen LogP contribution in [-0.4, -0.2) is 17.4 Å². The van der Waals surface area contributed by atoms with Crippen LogP contribution in [0.3, 0.4) is 0 Å². The molecule has 4 heteroatoms. The van der Waals surface area contributed by atoms with Crippen molar-refractivity contribution in [1.82, 2.24) is 0 Å². The molecule has 0 spiro atoms. The maximum atomic E-state index is 12.3. The summed E-state index contributed by atoms with van der Waals surface area (Å²) in [6.07, 6.45) is 0. The van der Waals surface area contributed by atoms with Gasteiger partial charge in [0.25, 0.3) is 0 Å². The Labute approximate surface area is 130 Å². The Kier molecular flexibility index (Phi) is 4.40. The number of para-hydroxylation sites is 1. The van der Waals surface area contributed by atoms with E-state index in [4.69, 9.17) is 9.15 Å². The lowest BCUT2D eigenvalue weighted by atomic mass is 9.88. The largest absolute Gasteiger partial charge is 0.461 e. The van der Waals surface area contributed by atoms with Crippen LogP contribution >= 0.6 is 0 Å². The highest BCUT2D eigenvalue weighted by Crippen LogP contribution is 2.31. The Bertz CT molecular complexity index is 657. The molecule has 4 nitrogen and oxygen atoms in total. The lowest BCUT2D eigenvalue weighted by molar-refractivity contribution is -0.162. The fraction of sp³-hybridized carbons (Fsp3) is 0.444. The van der Waals surface area contributed by atoms with E-state index in [0.29, 0.717) is 5.76 Å². The number of hydrogen-bond donors (Lipinski definition) is 0. The van der Waals surface area contributed by atoms with Crippen molar-refractivity contribution < 1.29 is 18.7 Å². The maximum absolute atomic E-state index is 12.3. The Morgan fingerprint density at radius 2 is 1.82 bits per heavy atom. The van der Waals surface area contributed by atoms with Gasteiger partial charge >= 0.3 is 5.97 Å². The second kappa shape index (κ2) is 5.95. The van der Waals surface area contributed by atoms with Gasteiger partial charge in [-0.25, -0.2) is 0 Å². The Hall–Kier alpha value is -2.10. The summed E-state index contributed by atoms with van der Waals surface area (Å²) in [7, 11) is 0. The van der Waals surface area contributed by atoms with Crippen molar-refractivity contribution in [1.29, 1.82) is 0 Å². The number of esters is 1. The monoisotopic (exact) mass is 302 g/mol. The highest BCUT2D eigenvalue weighted by molar-refractivity contribution is 5.99. The number of hydrogen-bond acceptors (Lipinski definition) is 4. The molecule has 0 aliphatic carbocycles. The molecule has 2 aromatic rings. The van der Waals surface area contributed by atoms with Gasteiger partial charge in [-0.05, 0) is 39.8 Å². The van der Waals surface area contributed by atoms with Gasteiger partial charge in [-0.3, -0.25) is 9.59 Å². The van der Waals surface area contributed by atoms with Crippen LogP contribution in [0.1, 0.15) is 46.3 Å². The molecular formula is C18H22O4. The van der Waals surface area contributed by atoms with Gasteiger partial charge in [-0.1, -0.05) is 25.1 Å². The topological polar surface area (TPSA) is 56.5 Å². The van der Waals surface area contributed by atoms with Gasteiger partial charge in [-0.15, -0.1) is 0 Å². The van der Waals surface area contributed by atoms with Crippen molar-refractivity contribution in [2.75, 3.05) is 0 Å².